The van der Waals surface area contributed by atoms with Crippen LogP contribution in [0.5, 0.6) is 0 Å². The molecule has 0 saturated heterocycles. The average Bonchev–Trinajstić information content (AvgIpc) is 2.47. The van der Waals surface area contributed by atoms with E-state index in [1.807, 2.05) is 30.5 Å². The lowest BCUT2D eigenvalue weighted by molar-refractivity contribution is 0.412. The highest BCUT2D eigenvalue weighted by Gasteiger charge is 2.24. The van der Waals surface area contributed by atoms with Gasteiger partial charge in [0.25, 0.3) is 0 Å². The zero-order valence-corrected chi connectivity index (χ0v) is 13.3. The van der Waals surface area contributed by atoms with E-state index < -0.39 is 0 Å². The Labute approximate surface area is 136 Å². The molecule has 1 heterocycles. The molecule has 116 valence electrons. The van der Waals surface area contributed by atoms with E-state index in [1.54, 1.807) is 0 Å². The minimum atomic E-state index is 0.543. The first-order valence-electron chi connectivity index (χ1n) is 7.85. The number of hydrogen-bond donors (Lipinski definition) is 2. The molecular weight excluding hydrogens is 296 g/mol. The van der Waals surface area contributed by atoms with Crippen LogP contribution in [0.4, 0.5) is 5.69 Å². The molecule has 0 bridgehead atoms. The molecule has 0 aliphatic heterocycles. The van der Waals surface area contributed by atoms with Gasteiger partial charge in [-0.25, -0.2) is 9.97 Å². The molecule has 3 rings (SSSR count). The molecule has 5 heteroatoms. The Morgan fingerprint density at radius 3 is 2.86 bits per heavy atom. The summed E-state index contributed by atoms with van der Waals surface area (Å²) in [6.45, 7) is 1.54. The molecule has 0 atom stereocenters. The van der Waals surface area contributed by atoms with E-state index in [0.29, 0.717) is 17.5 Å². The fraction of sp³-hybridized carbons (Fsp3) is 0.412. The van der Waals surface area contributed by atoms with Gasteiger partial charge in [0.2, 0.25) is 0 Å². The first kappa shape index (κ1) is 15.3. The first-order valence-corrected chi connectivity index (χ1v) is 8.22. The predicted molar refractivity (Wildman–Crippen MR) is 91.2 cm³/mol. The van der Waals surface area contributed by atoms with E-state index in [-0.39, 0.29) is 0 Å². The fourth-order valence-electron chi connectivity index (χ4n) is 2.62. The third-order valence-electron chi connectivity index (χ3n) is 4.09. The Hall–Kier alpha value is -1.65. The average molecular weight is 317 g/mol. The lowest BCUT2D eigenvalue weighted by Crippen LogP contribution is -2.16. The summed E-state index contributed by atoms with van der Waals surface area (Å²) < 4.78 is 0. The van der Waals surface area contributed by atoms with Crippen molar-refractivity contribution < 1.29 is 0 Å². The number of benzene rings is 1. The monoisotopic (exact) mass is 316 g/mol. The van der Waals surface area contributed by atoms with Crippen molar-refractivity contribution in [3.8, 4) is 11.4 Å². The summed E-state index contributed by atoms with van der Waals surface area (Å²) >= 11 is 6.07. The van der Waals surface area contributed by atoms with Gasteiger partial charge in [0.1, 0.15) is 0 Å². The number of nitrogens with one attached hydrogen (secondary N) is 1. The molecule has 0 amide bonds. The molecule has 0 unspecified atom stereocenters. The number of aromatic nitrogens is 2. The predicted octanol–water partition coefficient (Wildman–Crippen LogP) is 3.83. The highest BCUT2D eigenvalue weighted by molar-refractivity contribution is 6.30. The number of nitrogens with zero attached hydrogens (tertiary/aromatic N) is 2. The standard InChI is InChI=1S/C17H21ClN4/c18-14-7-2-6-13(10-14)17-21-11-15(20-9-3-8-19)16(22-17)12-4-1-5-12/h2,6-7,10-12,20H,1,3-5,8-9,19H2. The molecule has 2 aromatic rings. The van der Waals surface area contributed by atoms with Gasteiger partial charge in [0.05, 0.1) is 17.6 Å². The van der Waals surface area contributed by atoms with Crippen molar-refractivity contribution in [2.24, 2.45) is 5.73 Å². The van der Waals surface area contributed by atoms with Crippen LogP contribution >= 0.6 is 11.6 Å². The molecule has 1 aliphatic carbocycles. The second-order valence-electron chi connectivity index (χ2n) is 5.70. The van der Waals surface area contributed by atoms with Gasteiger partial charge in [-0.2, -0.15) is 0 Å². The van der Waals surface area contributed by atoms with Crippen LogP contribution in [0.25, 0.3) is 11.4 Å². The molecule has 1 saturated carbocycles. The molecule has 4 nitrogen and oxygen atoms in total. The largest absolute Gasteiger partial charge is 0.382 e. The minimum absolute atomic E-state index is 0.543. The maximum atomic E-state index is 6.07. The Morgan fingerprint density at radius 1 is 1.32 bits per heavy atom. The fourth-order valence-corrected chi connectivity index (χ4v) is 2.81. The Morgan fingerprint density at radius 2 is 2.18 bits per heavy atom. The number of rotatable bonds is 6. The van der Waals surface area contributed by atoms with Crippen molar-refractivity contribution in [2.45, 2.75) is 31.6 Å². The van der Waals surface area contributed by atoms with Crippen LogP contribution in [-0.4, -0.2) is 23.1 Å². The maximum absolute atomic E-state index is 6.07. The third kappa shape index (κ3) is 3.39. The zero-order valence-electron chi connectivity index (χ0n) is 12.6. The van der Waals surface area contributed by atoms with E-state index in [9.17, 15) is 0 Å². The number of hydrogen-bond acceptors (Lipinski definition) is 4. The Balaban J connectivity index is 1.89. The van der Waals surface area contributed by atoms with Crippen LogP contribution in [0.1, 0.15) is 37.3 Å². The first-order chi connectivity index (χ1) is 10.8. The van der Waals surface area contributed by atoms with E-state index >= 15 is 0 Å². The van der Waals surface area contributed by atoms with Crippen LogP contribution in [-0.2, 0) is 0 Å². The number of halogens is 1. The van der Waals surface area contributed by atoms with E-state index in [0.717, 1.165) is 35.7 Å². The van der Waals surface area contributed by atoms with Gasteiger partial charge in [0.15, 0.2) is 5.82 Å². The molecule has 1 aromatic heterocycles. The van der Waals surface area contributed by atoms with Crippen molar-refractivity contribution in [3.05, 3.63) is 41.2 Å². The summed E-state index contributed by atoms with van der Waals surface area (Å²) in [4.78, 5) is 9.33. The smallest absolute Gasteiger partial charge is 0.159 e. The van der Waals surface area contributed by atoms with Crippen LogP contribution in [0.15, 0.2) is 30.5 Å². The lowest BCUT2D eigenvalue weighted by atomic mass is 9.82. The number of nitrogens with two attached hydrogens (primary N) is 1. The van der Waals surface area contributed by atoms with E-state index in [1.165, 1.54) is 19.3 Å². The van der Waals surface area contributed by atoms with Gasteiger partial charge < -0.3 is 11.1 Å². The molecule has 0 spiro atoms. The highest BCUT2D eigenvalue weighted by Crippen LogP contribution is 2.39. The second kappa shape index (κ2) is 7.07. The molecule has 3 N–H and O–H groups in total. The van der Waals surface area contributed by atoms with Gasteiger partial charge in [0, 0.05) is 23.0 Å². The lowest BCUT2D eigenvalue weighted by Gasteiger charge is -2.27. The maximum Gasteiger partial charge on any atom is 0.159 e. The highest BCUT2D eigenvalue weighted by atomic mass is 35.5. The minimum Gasteiger partial charge on any atom is -0.382 e. The van der Waals surface area contributed by atoms with Crippen molar-refractivity contribution in [1.29, 1.82) is 0 Å². The summed E-state index contributed by atoms with van der Waals surface area (Å²) in [7, 11) is 0. The Bertz CT molecular complexity index is 640. The normalized spacial score (nSPS) is 14.6. The van der Waals surface area contributed by atoms with Gasteiger partial charge in [-0.15, -0.1) is 0 Å². The molecule has 1 fully saturated rings. The van der Waals surface area contributed by atoms with Crippen molar-refractivity contribution >= 4 is 17.3 Å². The quantitative estimate of drug-likeness (QED) is 0.795. The second-order valence-corrected chi connectivity index (χ2v) is 6.14. The van der Waals surface area contributed by atoms with Crippen molar-refractivity contribution in [2.75, 3.05) is 18.4 Å². The summed E-state index contributed by atoms with van der Waals surface area (Å²) in [6, 6.07) is 7.69. The Kier molecular flexibility index (Phi) is 4.90. The van der Waals surface area contributed by atoms with Gasteiger partial charge >= 0.3 is 0 Å². The van der Waals surface area contributed by atoms with Crippen molar-refractivity contribution in [1.82, 2.24) is 9.97 Å². The molecule has 1 aliphatic rings. The zero-order chi connectivity index (χ0) is 15.4. The number of anilines is 1. The van der Waals surface area contributed by atoms with Crippen molar-refractivity contribution in [3.63, 3.8) is 0 Å². The topological polar surface area (TPSA) is 63.8 Å². The molecular formula is C17H21ClN4. The molecule has 1 aromatic carbocycles. The van der Waals surface area contributed by atoms with Crippen LogP contribution < -0.4 is 11.1 Å². The van der Waals surface area contributed by atoms with Gasteiger partial charge in [-0.05, 0) is 37.9 Å². The van der Waals surface area contributed by atoms with Crippen LogP contribution in [0.2, 0.25) is 5.02 Å². The summed E-state index contributed by atoms with van der Waals surface area (Å²) in [5.41, 5.74) is 8.70. The van der Waals surface area contributed by atoms with Gasteiger partial charge in [-0.3, -0.25) is 0 Å². The van der Waals surface area contributed by atoms with E-state index in [2.05, 4.69) is 10.3 Å². The molecule has 22 heavy (non-hydrogen) atoms. The van der Waals surface area contributed by atoms with Crippen LogP contribution in [0, 0.1) is 0 Å². The summed E-state index contributed by atoms with van der Waals surface area (Å²) in [5, 5.41) is 4.13. The molecule has 0 radical (unpaired) electrons. The third-order valence-corrected chi connectivity index (χ3v) is 4.32. The van der Waals surface area contributed by atoms with Crippen LogP contribution in [0.3, 0.4) is 0 Å². The summed E-state index contributed by atoms with van der Waals surface area (Å²) in [6.07, 6.45) is 6.53. The van der Waals surface area contributed by atoms with Gasteiger partial charge in [-0.1, -0.05) is 30.2 Å². The van der Waals surface area contributed by atoms with E-state index in [4.69, 9.17) is 22.3 Å². The SMILES string of the molecule is NCCCNc1cnc(-c2cccc(Cl)c2)nc1C1CCC1. The summed E-state index contributed by atoms with van der Waals surface area (Å²) in [5.74, 6) is 1.29.